The fourth-order valence-electron chi connectivity index (χ4n) is 3.02. The highest BCUT2D eigenvalue weighted by Gasteiger charge is 2.00. The summed E-state index contributed by atoms with van der Waals surface area (Å²) >= 11 is 0. The number of hydrogen-bond donors (Lipinski definition) is 1. The summed E-state index contributed by atoms with van der Waals surface area (Å²) in [5.41, 5.74) is 10.3. The number of unbranched alkanes of at least 4 members (excludes halogenated alkanes) is 4. The van der Waals surface area contributed by atoms with Gasteiger partial charge in [-0.1, -0.05) is 56.9 Å². The van der Waals surface area contributed by atoms with Crippen LogP contribution in [0, 0.1) is 0 Å². The van der Waals surface area contributed by atoms with Crippen LogP contribution < -0.4 is 10.5 Å². The highest BCUT2D eigenvalue weighted by Crippen LogP contribution is 2.26. The van der Waals surface area contributed by atoms with Crippen molar-refractivity contribution in [2.75, 3.05) is 12.3 Å². The van der Waals surface area contributed by atoms with Gasteiger partial charge < -0.3 is 10.5 Å². The highest BCUT2D eigenvalue weighted by atomic mass is 16.5. The summed E-state index contributed by atoms with van der Waals surface area (Å²) in [7, 11) is 0. The molecule has 0 atom stereocenters. The number of benzene rings is 3. The van der Waals surface area contributed by atoms with Crippen LogP contribution in [-0.4, -0.2) is 6.61 Å². The smallest absolute Gasteiger partial charge is 0.119 e. The van der Waals surface area contributed by atoms with Gasteiger partial charge in [0.1, 0.15) is 5.75 Å². The molecule has 0 aliphatic heterocycles. The minimum absolute atomic E-state index is 0.719. The second kappa shape index (κ2) is 11.0. The minimum Gasteiger partial charge on any atom is -0.494 e. The van der Waals surface area contributed by atoms with Gasteiger partial charge in [0.2, 0.25) is 0 Å². The Bertz CT molecular complexity index is 885. The highest BCUT2D eigenvalue weighted by molar-refractivity contribution is 5.66. The molecule has 2 N–H and O–H groups in total. The van der Waals surface area contributed by atoms with E-state index in [-0.39, 0.29) is 0 Å². The van der Waals surface area contributed by atoms with E-state index in [0.717, 1.165) is 47.0 Å². The Morgan fingerprint density at radius 2 is 1.17 bits per heavy atom. The van der Waals surface area contributed by atoms with Crippen molar-refractivity contribution >= 4 is 17.1 Å². The van der Waals surface area contributed by atoms with Crippen LogP contribution in [0.25, 0.3) is 11.1 Å². The Kier molecular flexibility index (Phi) is 7.81. The average molecular weight is 388 g/mol. The van der Waals surface area contributed by atoms with Crippen molar-refractivity contribution in [1.82, 2.24) is 0 Å². The van der Waals surface area contributed by atoms with E-state index in [9.17, 15) is 0 Å². The molecule has 4 nitrogen and oxygen atoms in total. The number of nitrogens with zero attached hydrogens (tertiary/aromatic N) is 2. The monoisotopic (exact) mass is 387 g/mol. The molecular formula is C25H29N3O. The van der Waals surface area contributed by atoms with Crippen molar-refractivity contribution in [3.8, 4) is 16.9 Å². The van der Waals surface area contributed by atoms with Gasteiger partial charge in [-0.15, -0.1) is 0 Å². The van der Waals surface area contributed by atoms with Gasteiger partial charge in [-0.2, -0.15) is 10.2 Å². The molecule has 0 unspecified atom stereocenters. The van der Waals surface area contributed by atoms with Crippen molar-refractivity contribution in [3.63, 3.8) is 0 Å². The zero-order valence-electron chi connectivity index (χ0n) is 17.1. The minimum atomic E-state index is 0.719. The normalized spacial score (nSPS) is 11.1. The molecule has 0 spiro atoms. The van der Waals surface area contributed by atoms with Gasteiger partial charge >= 0.3 is 0 Å². The van der Waals surface area contributed by atoms with Crippen LogP contribution in [0.15, 0.2) is 83.0 Å². The Morgan fingerprint density at radius 1 is 0.655 bits per heavy atom. The van der Waals surface area contributed by atoms with Gasteiger partial charge in [0.15, 0.2) is 0 Å². The van der Waals surface area contributed by atoms with Gasteiger partial charge in [-0.05, 0) is 66.1 Å². The predicted octanol–water partition coefficient (Wildman–Crippen LogP) is 7.70. The van der Waals surface area contributed by atoms with Gasteiger partial charge in [-0.3, -0.25) is 0 Å². The largest absolute Gasteiger partial charge is 0.494 e. The second-order valence-corrected chi connectivity index (χ2v) is 7.13. The van der Waals surface area contributed by atoms with Crippen molar-refractivity contribution in [2.45, 2.75) is 39.0 Å². The lowest BCUT2D eigenvalue weighted by molar-refractivity contribution is 0.304. The molecule has 3 aromatic carbocycles. The molecule has 0 fully saturated rings. The predicted molar refractivity (Wildman–Crippen MR) is 121 cm³/mol. The maximum Gasteiger partial charge on any atom is 0.119 e. The standard InChI is InChI=1S/C25H29N3O/c1-2-3-4-5-6-19-29-25-17-9-21(10-18-25)20-7-13-23(14-8-20)27-28-24-15-11-22(26)12-16-24/h7-18H,2-6,19,26H2,1H3. The van der Waals surface area contributed by atoms with Crippen molar-refractivity contribution < 1.29 is 4.74 Å². The van der Waals surface area contributed by atoms with Crippen LogP contribution in [0.3, 0.4) is 0 Å². The van der Waals surface area contributed by atoms with Crippen LogP contribution in [0.1, 0.15) is 39.0 Å². The Hall–Kier alpha value is -3.14. The summed E-state index contributed by atoms with van der Waals surface area (Å²) in [5.74, 6) is 0.929. The summed E-state index contributed by atoms with van der Waals surface area (Å²) in [6.45, 7) is 3.02. The van der Waals surface area contributed by atoms with Crippen LogP contribution in [0.4, 0.5) is 17.1 Å². The summed E-state index contributed by atoms with van der Waals surface area (Å²) < 4.78 is 5.84. The zero-order valence-corrected chi connectivity index (χ0v) is 17.1. The Balaban J connectivity index is 1.52. The molecular weight excluding hydrogens is 358 g/mol. The Labute approximate surface area is 173 Å². The van der Waals surface area contributed by atoms with Crippen LogP contribution in [0.2, 0.25) is 0 Å². The van der Waals surface area contributed by atoms with Gasteiger partial charge in [-0.25, -0.2) is 0 Å². The SMILES string of the molecule is CCCCCCCOc1ccc(-c2ccc(N=Nc3ccc(N)cc3)cc2)cc1. The maximum atomic E-state index is 5.84. The number of nitrogen functional groups attached to an aromatic ring is 1. The van der Waals surface area contributed by atoms with Crippen LogP contribution in [-0.2, 0) is 0 Å². The molecule has 0 bridgehead atoms. The first-order valence-corrected chi connectivity index (χ1v) is 10.3. The first-order chi connectivity index (χ1) is 14.2. The first kappa shape index (κ1) is 20.6. The lowest BCUT2D eigenvalue weighted by Crippen LogP contribution is -1.97. The lowest BCUT2D eigenvalue weighted by atomic mass is 10.1. The molecule has 3 rings (SSSR count). The quantitative estimate of drug-likeness (QED) is 0.220. The molecule has 0 radical (unpaired) electrons. The van der Waals surface area contributed by atoms with Crippen molar-refractivity contribution in [3.05, 3.63) is 72.8 Å². The maximum absolute atomic E-state index is 5.84. The summed E-state index contributed by atoms with van der Waals surface area (Å²) in [4.78, 5) is 0. The van der Waals surface area contributed by atoms with Gasteiger partial charge in [0.05, 0.1) is 18.0 Å². The third-order valence-corrected chi connectivity index (χ3v) is 4.75. The summed E-state index contributed by atoms with van der Waals surface area (Å²) in [6.07, 6.45) is 6.25. The molecule has 3 aromatic rings. The van der Waals surface area contributed by atoms with E-state index in [2.05, 4.69) is 41.4 Å². The zero-order chi connectivity index (χ0) is 20.3. The van der Waals surface area contributed by atoms with Gasteiger partial charge in [0.25, 0.3) is 0 Å². The van der Waals surface area contributed by atoms with E-state index in [1.54, 1.807) is 0 Å². The fourth-order valence-corrected chi connectivity index (χ4v) is 3.02. The molecule has 29 heavy (non-hydrogen) atoms. The third-order valence-electron chi connectivity index (χ3n) is 4.75. The molecule has 0 heterocycles. The molecule has 0 aliphatic carbocycles. The molecule has 0 aromatic heterocycles. The van der Waals surface area contributed by atoms with E-state index < -0.39 is 0 Å². The van der Waals surface area contributed by atoms with E-state index in [4.69, 9.17) is 10.5 Å². The first-order valence-electron chi connectivity index (χ1n) is 10.3. The number of ether oxygens (including phenoxy) is 1. The van der Waals surface area contributed by atoms with Crippen LogP contribution >= 0.6 is 0 Å². The van der Waals surface area contributed by atoms with Gasteiger partial charge in [0, 0.05) is 5.69 Å². The average Bonchev–Trinajstić information content (AvgIpc) is 2.77. The van der Waals surface area contributed by atoms with E-state index in [1.807, 2.05) is 48.5 Å². The molecule has 4 heteroatoms. The van der Waals surface area contributed by atoms with E-state index in [0.29, 0.717) is 0 Å². The number of nitrogens with two attached hydrogens (primary N) is 1. The number of anilines is 1. The van der Waals surface area contributed by atoms with Crippen molar-refractivity contribution in [2.24, 2.45) is 10.2 Å². The molecule has 0 saturated heterocycles. The van der Waals surface area contributed by atoms with E-state index in [1.165, 1.54) is 25.7 Å². The summed E-state index contributed by atoms with van der Waals surface area (Å²) in [5, 5.41) is 8.52. The molecule has 0 aliphatic rings. The molecule has 150 valence electrons. The lowest BCUT2D eigenvalue weighted by Gasteiger charge is -2.07. The fraction of sp³-hybridized carbons (Fsp3) is 0.280. The Morgan fingerprint density at radius 3 is 1.76 bits per heavy atom. The number of rotatable bonds is 10. The topological polar surface area (TPSA) is 60.0 Å². The second-order valence-electron chi connectivity index (χ2n) is 7.13. The molecule has 0 saturated carbocycles. The van der Waals surface area contributed by atoms with Crippen molar-refractivity contribution in [1.29, 1.82) is 0 Å². The van der Waals surface area contributed by atoms with Crippen LogP contribution in [0.5, 0.6) is 5.75 Å². The molecule has 0 amide bonds. The number of azo groups is 1. The summed E-state index contributed by atoms with van der Waals surface area (Å²) in [6, 6.07) is 23.6. The number of hydrogen-bond acceptors (Lipinski definition) is 4. The third kappa shape index (κ3) is 6.75. The van der Waals surface area contributed by atoms with E-state index >= 15 is 0 Å².